The van der Waals surface area contributed by atoms with E-state index in [0.717, 1.165) is 12.5 Å². The van der Waals surface area contributed by atoms with E-state index >= 15 is 0 Å². The van der Waals surface area contributed by atoms with E-state index in [1.807, 2.05) is 0 Å². The van der Waals surface area contributed by atoms with E-state index in [0.29, 0.717) is 6.04 Å². The summed E-state index contributed by atoms with van der Waals surface area (Å²) in [4.78, 5) is 0. The topological polar surface area (TPSA) is 12.0 Å². The molecule has 0 aromatic rings. The molecule has 0 spiro atoms. The fourth-order valence-corrected chi connectivity index (χ4v) is 2.33. The summed E-state index contributed by atoms with van der Waals surface area (Å²) in [6, 6.07) is 0.615. The van der Waals surface area contributed by atoms with Crippen molar-refractivity contribution in [2.24, 2.45) is 11.8 Å². The summed E-state index contributed by atoms with van der Waals surface area (Å²) in [6.45, 7) is 3.03. The molecular weight excluding hydrogens is 172 g/mol. The molecule has 0 aromatic heterocycles. The number of halogens is 2. The Labute approximate surface area is 77.9 Å². The molecule has 2 fully saturated rings. The van der Waals surface area contributed by atoms with Gasteiger partial charge in [-0.15, -0.1) is 0 Å². The second-order valence-electron chi connectivity index (χ2n) is 4.81. The van der Waals surface area contributed by atoms with E-state index < -0.39 is 5.92 Å². The Hall–Kier alpha value is -0.180. The normalized spacial score (nSPS) is 38.1. The minimum Gasteiger partial charge on any atom is -0.314 e. The van der Waals surface area contributed by atoms with Gasteiger partial charge in [0.2, 0.25) is 5.92 Å². The number of alkyl halides is 2. The molecule has 0 aromatic carbocycles. The van der Waals surface area contributed by atoms with Crippen LogP contribution in [0.25, 0.3) is 0 Å². The van der Waals surface area contributed by atoms with Crippen molar-refractivity contribution in [1.82, 2.24) is 5.32 Å². The molecule has 76 valence electrons. The van der Waals surface area contributed by atoms with Crippen molar-refractivity contribution in [3.63, 3.8) is 0 Å². The molecule has 0 atom stereocenters. The highest BCUT2D eigenvalue weighted by atomic mass is 19.3. The second-order valence-corrected chi connectivity index (χ2v) is 4.81. The summed E-state index contributed by atoms with van der Waals surface area (Å²) < 4.78 is 24.9. The third kappa shape index (κ3) is 2.19. The van der Waals surface area contributed by atoms with Crippen molar-refractivity contribution in [3.05, 3.63) is 0 Å². The van der Waals surface area contributed by atoms with E-state index in [9.17, 15) is 8.78 Å². The highest BCUT2D eigenvalue weighted by Gasteiger charge is 2.45. The first-order chi connectivity index (χ1) is 6.05. The maximum Gasteiger partial charge on any atom is 0.248 e. The molecule has 2 rings (SSSR count). The molecule has 1 nitrogen and oxygen atoms in total. The van der Waals surface area contributed by atoms with Gasteiger partial charge in [0.25, 0.3) is 0 Å². The molecule has 2 aliphatic rings. The zero-order chi connectivity index (χ0) is 9.47. The number of rotatable bonds is 3. The maximum absolute atomic E-state index is 12.4. The fourth-order valence-electron chi connectivity index (χ4n) is 2.33. The molecule has 13 heavy (non-hydrogen) atoms. The average Bonchev–Trinajstić information content (AvgIpc) is 1.91. The van der Waals surface area contributed by atoms with Gasteiger partial charge in [0, 0.05) is 18.9 Å². The van der Waals surface area contributed by atoms with Crippen molar-refractivity contribution in [2.75, 3.05) is 6.54 Å². The van der Waals surface area contributed by atoms with Crippen LogP contribution in [0.1, 0.15) is 32.6 Å². The van der Waals surface area contributed by atoms with Gasteiger partial charge in [0.1, 0.15) is 0 Å². The van der Waals surface area contributed by atoms with Gasteiger partial charge in [-0.1, -0.05) is 6.92 Å². The van der Waals surface area contributed by atoms with Crippen molar-refractivity contribution in [1.29, 1.82) is 0 Å². The summed E-state index contributed by atoms with van der Waals surface area (Å²) in [5.74, 6) is -1.29. The van der Waals surface area contributed by atoms with E-state index in [1.165, 1.54) is 12.8 Å². The predicted molar refractivity (Wildman–Crippen MR) is 47.9 cm³/mol. The van der Waals surface area contributed by atoms with Crippen molar-refractivity contribution in [2.45, 2.75) is 44.6 Å². The van der Waals surface area contributed by atoms with Crippen LogP contribution in [0.4, 0.5) is 8.78 Å². The van der Waals surface area contributed by atoms with Gasteiger partial charge in [0.05, 0.1) is 0 Å². The molecule has 2 aliphatic carbocycles. The highest BCUT2D eigenvalue weighted by molar-refractivity contribution is 4.89. The van der Waals surface area contributed by atoms with Gasteiger partial charge in [0.15, 0.2) is 0 Å². The molecule has 1 N–H and O–H groups in total. The maximum atomic E-state index is 12.4. The molecule has 0 bridgehead atoms. The molecule has 0 radical (unpaired) electrons. The Morgan fingerprint density at radius 2 is 1.92 bits per heavy atom. The molecule has 0 aliphatic heterocycles. The second kappa shape index (κ2) is 3.19. The monoisotopic (exact) mass is 189 g/mol. The first-order valence-electron chi connectivity index (χ1n) is 5.16. The highest BCUT2D eigenvalue weighted by Crippen LogP contribution is 2.42. The van der Waals surface area contributed by atoms with E-state index in [-0.39, 0.29) is 18.8 Å². The summed E-state index contributed by atoms with van der Waals surface area (Å²) >= 11 is 0. The third-order valence-corrected chi connectivity index (χ3v) is 3.24. The zero-order valence-electron chi connectivity index (χ0n) is 8.02. The summed E-state index contributed by atoms with van der Waals surface area (Å²) in [5.41, 5.74) is 0. The van der Waals surface area contributed by atoms with Gasteiger partial charge < -0.3 is 5.32 Å². The quantitative estimate of drug-likeness (QED) is 0.719. The lowest BCUT2D eigenvalue weighted by Gasteiger charge is -2.39. The molecule has 0 amide bonds. The Bertz CT molecular complexity index is 179. The first kappa shape index (κ1) is 9.38. The van der Waals surface area contributed by atoms with Crippen LogP contribution < -0.4 is 5.32 Å². The Morgan fingerprint density at radius 3 is 2.38 bits per heavy atom. The summed E-state index contributed by atoms with van der Waals surface area (Å²) in [6.07, 6.45) is 2.65. The van der Waals surface area contributed by atoms with Crippen LogP contribution in [-0.4, -0.2) is 18.5 Å². The molecular formula is C10H17F2N. The third-order valence-electron chi connectivity index (χ3n) is 3.24. The molecule has 2 saturated carbocycles. The fraction of sp³-hybridized carbons (Fsp3) is 1.00. The standard InChI is InChI=1S/C10H17F2N/c1-7-2-9(3-7)13-6-8-4-10(11,12)5-8/h7-9,13H,2-6H2,1H3. The van der Waals surface area contributed by atoms with Crippen LogP contribution in [0.15, 0.2) is 0 Å². The Morgan fingerprint density at radius 1 is 1.31 bits per heavy atom. The molecule has 0 unspecified atom stereocenters. The van der Waals surface area contributed by atoms with Crippen LogP contribution in [0.2, 0.25) is 0 Å². The molecule has 0 heterocycles. The molecule has 0 saturated heterocycles. The zero-order valence-corrected chi connectivity index (χ0v) is 8.02. The van der Waals surface area contributed by atoms with Crippen LogP contribution in [0, 0.1) is 11.8 Å². The Kier molecular flexibility index (Phi) is 2.30. The van der Waals surface area contributed by atoms with Gasteiger partial charge in [-0.3, -0.25) is 0 Å². The van der Waals surface area contributed by atoms with Gasteiger partial charge >= 0.3 is 0 Å². The van der Waals surface area contributed by atoms with Crippen molar-refractivity contribution >= 4 is 0 Å². The van der Waals surface area contributed by atoms with Crippen LogP contribution in [-0.2, 0) is 0 Å². The minimum absolute atomic E-state index is 0.0995. The van der Waals surface area contributed by atoms with E-state index in [4.69, 9.17) is 0 Å². The average molecular weight is 189 g/mol. The SMILES string of the molecule is CC1CC(NCC2CC(F)(F)C2)C1. The smallest absolute Gasteiger partial charge is 0.248 e. The summed E-state index contributed by atoms with van der Waals surface area (Å²) in [5, 5.41) is 3.36. The largest absolute Gasteiger partial charge is 0.314 e. The molecule has 3 heteroatoms. The first-order valence-corrected chi connectivity index (χ1v) is 5.16. The van der Waals surface area contributed by atoms with Gasteiger partial charge in [-0.05, 0) is 31.2 Å². The van der Waals surface area contributed by atoms with Crippen LogP contribution >= 0.6 is 0 Å². The summed E-state index contributed by atoms with van der Waals surface area (Å²) in [7, 11) is 0. The number of hydrogen-bond donors (Lipinski definition) is 1. The lowest BCUT2D eigenvalue weighted by molar-refractivity contribution is -0.110. The van der Waals surface area contributed by atoms with Gasteiger partial charge in [-0.25, -0.2) is 8.78 Å². The Balaban J connectivity index is 1.55. The lowest BCUT2D eigenvalue weighted by Crippen LogP contribution is -2.47. The minimum atomic E-state index is -2.35. The number of nitrogens with one attached hydrogen (secondary N) is 1. The van der Waals surface area contributed by atoms with E-state index in [2.05, 4.69) is 12.2 Å². The predicted octanol–water partition coefficient (Wildman–Crippen LogP) is 2.42. The van der Waals surface area contributed by atoms with Crippen LogP contribution in [0.5, 0.6) is 0 Å². The van der Waals surface area contributed by atoms with Crippen molar-refractivity contribution < 1.29 is 8.78 Å². The lowest BCUT2D eigenvalue weighted by atomic mass is 9.79. The van der Waals surface area contributed by atoms with Crippen molar-refractivity contribution in [3.8, 4) is 0 Å². The van der Waals surface area contributed by atoms with Crippen LogP contribution in [0.3, 0.4) is 0 Å². The number of hydrogen-bond acceptors (Lipinski definition) is 1. The van der Waals surface area contributed by atoms with E-state index in [1.54, 1.807) is 0 Å². The van der Waals surface area contributed by atoms with Gasteiger partial charge in [-0.2, -0.15) is 0 Å².